The first-order valence-corrected chi connectivity index (χ1v) is 14.2. The van der Waals surface area contributed by atoms with Crippen LogP contribution in [-0.4, -0.2) is 28.7 Å². The average Bonchev–Trinajstić information content (AvgIpc) is 2.66. The van der Waals surface area contributed by atoms with Crippen LogP contribution in [-0.2, 0) is 10.0 Å². The number of sulfonamides is 1. The van der Waals surface area contributed by atoms with Crippen LogP contribution in [0.25, 0.3) is 10.9 Å². The van der Waals surface area contributed by atoms with E-state index in [9.17, 15) is 8.42 Å². The summed E-state index contributed by atoms with van der Waals surface area (Å²) in [7, 11) is -4.22. The molecule has 0 saturated heterocycles. The van der Waals surface area contributed by atoms with Crippen molar-refractivity contribution in [1.82, 2.24) is 9.37 Å². The maximum atomic E-state index is 12.9. The van der Waals surface area contributed by atoms with Gasteiger partial charge in [-0.1, -0.05) is 33.9 Å². The highest BCUT2D eigenvalue weighted by Gasteiger charge is 2.39. The molecule has 1 N–H and O–H groups in total. The Morgan fingerprint density at radius 1 is 0.967 bits per heavy atom. The van der Waals surface area contributed by atoms with E-state index in [0.29, 0.717) is 11.5 Å². The molecule has 1 aromatic heterocycles. The second kappa shape index (κ2) is 8.01. The zero-order chi connectivity index (χ0) is 22.2. The predicted octanol–water partition coefficient (Wildman–Crippen LogP) is 5.32. The van der Waals surface area contributed by atoms with Gasteiger partial charge in [-0.15, -0.1) is 0 Å². The van der Waals surface area contributed by atoms with E-state index in [-0.39, 0.29) is 9.93 Å². The van der Waals surface area contributed by atoms with Crippen molar-refractivity contribution in [2.24, 2.45) is 0 Å². The molecule has 0 unspecified atom stereocenters. The predicted molar refractivity (Wildman–Crippen MR) is 122 cm³/mol. The minimum Gasteiger partial charge on any atom is -0.497 e. The molecule has 0 aliphatic carbocycles. The van der Waals surface area contributed by atoms with Gasteiger partial charge < -0.3 is 9.47 Å². The molecule has 3 rings (SSSR count). The lowest BCUT2D eigenvalue weighted by molar-refractivity contribution is 0.415. The Labute approximate surface area is 179 Å². The summed E-state index contributed by atoms with van der Waals surface area (Å²) in [6, 6.07) is 13.8. The first-order valence-electron chi connectivity index (χ1n) is 9.68. The van der Waals surface area contributed by atoms with Gasteiger partial charge in [0.2, 0.25) is 10.0 Å². The molecule has 0 aliphatic rings. The summed E-state index contributed by atoms with van der Waals surface area (Å²) >= 11 is 0. The molecule has 160 valence electrons. The Hall–Kier alpha value is -2.42. The van der Waals surface area contributed by atoms with E-state index in [4.69, 9.17) is 9.47 Å². The lowest BCUT2D eigenvalue weighted by Crippen LogP contribution is -2.54. The molecule has 0 bridgehead atoms. The number of benzene rings is 2. The molecule has 1 heterocycles. The van der Waals surface area contributed by atoms with Gasteiger partial charge in [-0.3, -0.25) is 4.98 Å². The van der Waals surface area contributed by atoms with Crippen LogP contribution in [0.1, 0.15) is 20.8 Å². The van der Waals surface area contributed by atoms with E-state index in [1.165, 1.54) is 0 Å². The van der Waals surface area contributed by atoms with E-state index in [1.807, 2.05) is 31.3 Å². The van der Waals surface area contributed by atoms with Crippen LogP contribution in [0.2, 0.25) is 18.1 Å². The Kier molecular flexibility index (Phi) is 5.95. The molecule has 0 atom stereocenters. The minimum atomic E-state index is -3.60. The highest BCUT2D eigenvalue weighted by Crippen LogP contribution is 2.35. The number of hydrogen-bond donors (Lipinski definition) is 1. The van der Waals surface area contributed by atoms with E-state index in [1.54, 1.807) is 43.6 Å². The number of nitrogens with one attached hydrogen (secondary N) is 1. The summed E-state index contributed by atoms with van der Waals surface area (Å²) in [4.78, 5) is 4.57. The molecule has 0 spiro atoms. The second-order valence-corrected chi connectivity index (χ2v) is 15.8. The summed E-state index contributed by atoms with van der Waals surface area (Å²) in [5.74, 6) is 1.90. The molecule has 0 fully saturated rings. The van der Waals surface area contributed by atoms with Gasteiger partial charge in [-0.2, -0.15) is 0 Å². The number of ether oxygens (including phenoxy) is 2. The largest absolute Gasteiger partial charge is 0.497 e. The fourth-order valence-electron chi connectivity index (χ4n) is 2.68. The molecule has 2 aromatic carbocycles. The van der Waals surface area contributed by atoms with Crippen molar-refractivity contribution in [1.29, 1.82) is 0 Å². The van der Waals surface area contributed by atoms with Gasteiger partial charge in [0.15, 0.2) is 0 Å². The van der Waals surface area contributed by atoms with Crippen LogP contribution < -0.4 is 13.9 Å². The fraction of sp³-hybridized carbons (Fsp3) is 0.318. The van der Waals surface area contributed by atoms with Crippen LogP contribution in [0.15, 0.2) is 59.6 Å². The van der Waals surface area contributed by atoms with Crippen molar-refractivity contribution < 1.29 is 17.9 Å². The Morgan fingerprint density at radius 3 is 2.20 bits per heavy atom. The lowest BCUT2D eigenvalue weighted by Gasteiger charge is -2.36. The fourth-order valence-corrected chi connectivity index (χ4v) is 7.56. The van der Waals surface area contributed by atoms with Gasteiger partial charge in [0.1, 0.15) is 25.5 Å². The van der Waals surface area contributed by atoms with E-state index in [2.05, 4.69) is 30.1 Å². The van der Waals surface area contributed by atoms with Crippen molar-refractivity contribution in [2.75, 3.05) is 7.11 Å². The number of aromatic nitrogens is 1. The third-order valence-corrected chi connectivity index (χ3v) is 13.3. The Balaban J connectivity index is 1.84. The summed E-state index contributed by atoms with van der Waals surface area (Å²) in [6.07, 6.45) is 1.67. The van der Waals surface area contributed by atoms with Crippen LogP contribution in [0, 0.1) is 0 Å². The van der Waals surface area contributed by atoms with Crippen LogP contribution >= 0.6 is 0 Å². The van der Waals surface area contributed by atoms with Gasteiger partial charge >= 0.3 is 0 Å². The van der Waals surface area contributed by atoms with Gasteiger partial charge in [-0.25, -0.2) is 12.8 Å². The summed E-state index contributed by atoms with van der Waals surface area (Å²) in [5.41, 5.74) is 0.754. The maximum absolute atomic E-state index is 12.9. The van der Waals surface area contributed by atoms with E-state index >= 15 is 0 Å². The quantitative estimate of drug-likeness (QED) is 0.521. The molecule has 0 amide bonds. The SMILES string of the molecule is COc1ccc2c(Oc3ccc(S(=O)(=O)N[Si](C)(C)C(C)(C)C)cc3)ccnc2c1. The monoisotopic (exact) mass is 444 g/mol. The minimum absolute atomic E-state index is 0.103. The van der Waals surface area contributed by atoms with Crippen molar-refractivity contribution in [3.05, 3.63) is 54.7 Å². The molecule has 0 radical (unpaired) electrons. The first-order chi connectivity index (χ1) is 13.9. The highest BCUT2D eigenvalue weighted by molar-refractivity contribution is 7.91. The molecule has 0 aliphatic heterocycles. The smallest absolute Gasteiger partial charge is 0.234 e. The maximum Gasteiger partial charge on any atom is 0.234 e. The van der Waals surface area contributed by atoms with Crippen LogP contribution in [0.4, 0.5) is 0 Å². The molecular weight excluding hydrogens is 416 g/mol. The zero-order valence-corrected chi connectivity index (χ0v) is 20.0. The van der Waals surface area contributed by atoms with E-state index < -0.39 is 18.3 Å². The molecule has 3 aromatic rings. The summed E-state index contributed by atoms with van der Waals surface area (Å²) in [6.45, 7) is 10.2. The van der Waals surface area contributed by atoms with Crippen LogP contribution in [0.3, 0.4) is 0 Å². The number of pyridine rings is 1. The zero-order valence-electron chi connectivity index (χ0n) is 18.2. The molecule has 0 saturated carbocycles. The van der Waals surface area contributed by atoms with Gasteiger partial charge in [0, 0.05) is 17.6 Å². The number of fused-ring (bicyclic) bond motifs is 1. The van der Waals surface area contributed by atoms with Crippen molar-refractivity contribution >= 4 is 29.2 Å². The van der Waals surface area contributed by atoms with Crippen molar-refractivity contribution in [2.45, 2.75) is 43.8 Å². The molecule has 30 heavy (non-hydrogen) atoms. The third kappa shape index (κ3) is 4.66. The summed E-state index contributed by atoms with van der Waals surface area (Å²) in [5, 5.41) is 0.739. The number of nitrogens with zero attached hydrogens (tertiary/aromatic N) is 1. The lowest BCUT2D eigenvalue weighted by atomic mass is 10.2. The van der Waals surface area contributed by atoms with Crippen molar-refractivity contribution in [3.63, 3.8) is 0 Å². The Morgan fingerprint density at radius 2 is 1.60 bits per heavy atom. The van der Waals surface area contributed by atoms with Crippen LogP contribution in [0.5, 0.6) is 17.2 Å². The van der Waals surface area contributed by atoms with E-state index in [0.717, 1.165) is 16.7 Å². The normalized spacial score (nSPS) is 12.7. The van der Waals surface area contributed by atoms with Gasteiger partial charge in [0.05, 0.1) is 17.5 Å². The molecule has 8 heteroatoms. The topological polar surface area (TPSA) is 77.5 Å². The van der Waals surface area contributed by atoms with Gasteiger partial charge in [-0.05, 0) is 47.5 Å². The second-order valence-electron chi connectivity index (χ2n) is 8.75. The highest BCUT2D eigenvalue weighted by atomic mass is 32.2. The Bertz CT molecular complexity index is 1150. The standard InChI is InChI=1S/C22H28N2O4SSi/c1-22(2,3)30(5,6)24-29(25,26)18-10-7-16(8-11-18)28-21-13-14-23-20-15-17(27-4)9-12-19(20)21/h7-15,24H,1-6H3. The summed E-state index contributed by atoms with van der Waals surface area (Å²) < 4.78 is 39.9. The van der Waals surface area contributed by atoms with Crippen molar-refractivity contribution in [3.8, 4) is 17.2 Å². The average molecular weight is 445 g/mol. The number of hydrogen-bond acceptors (Lipinski definition) is 5. The third-order valence-electron chi connectivity index (χ3n) is 5.54. The number of rotatable bonds is 6. The molecular formula is C22H28N2O4SSi. The van der Waals surface area contributed by atoms with Gasteiger partial charge in [0.25, 0.3) is 0 Å². The first kappa shape index (κ1) is 22.3. The molecule has 6 nitrogen and oxygen atoms in total. The number of methoxy groups -OCH3 is 1.